The number of ether oxygens (including phenoxy) is 1. The third-order valence-corrected chi connectivity index (χ3v) is 5.69. The van der Waals surface area contributed by atoms with E-state index in [1.165, 1.54) is 6.33 Å². The first-order chi connectivity index (χ1) is 13.5. The molecule has 0 amide bonds. The lowest BCUT2D eigenvalue weighted by Crippen LogP contribution is -2.35. The van der Waals surface area contributed by atoms with Crippen LogP contribution in [0.3, 0.4) is 0 Å². The molecule has 0 radical (unpaired) electrons. The minimum atomic E-state index is -1.28. The highest BCUT2D eigenvalue weighted by Crippen LogP contribution is 2.38. The molecular weight excluding hydrogens is 362 g/mol. The molecule has 0 spiro atoms. The minimum Gasteiger partial charge on any atom is -0.387 e. The fourth-order valence-corrected chi connectivity index (χ4v) is 4.05. The van der Waals surface area contributed by atoms with Crippen LogP contribution in [0.15, 0.2) is 36.8 Å². The molecule has 1 fully saturated rings. The van der Waals surface area contributed by atoms with Gasteiger partial charge in [0, 0.05) is 23.6 Å². The van der Waals surface area contributed by atoms with Crippen molar-refractivity contribution in [2.24, 2.45) is 0 Å². The molecule has 8 nitrogen and oxygen atoms in total. The average Bonchev–Trinajstić information content (AvgIpc) is 3.23. The minimum absolute atomic E-state index is 0.0837. The largest absolute Gasteiger partial charge is 0.387 e. The van der Waals surface area contributed by atoms with Crippen molar-refractivity contribution in [2.45, 2.75) is 44.0 Å². The number of fused-ring (bicyclic) bond motifs is 2. The molecule has 3 aromatic rings. The van der Waals surface area contributed by atoms with Crippen molar-refractivity contribution < 1.29 is 24.9 Å². The number of aromatic nitrogens is 3. The summed E-state index contributed by atoms with van der Waals surface area (Å²) >= 11 is 0. The van der Waals surface area contributed by atoms with Gasteiger partial charge in [-0.2, -0.15) is 0 Å². The van der Waals surface area contributed by atoms with Gasteiger partial charge in [0.2, 0.25) is 0 Å². The Labute approximate surface area is 160 Å². The van der Waals surface area contributed by atoms with Gasteiger partial charge < -0.3 is 24.6 Å². The van der Waals surface area contributed by atoms with Crippen molar-refractivity contribution in [1.29, 1.82) is 0 Å². The molecule has 1 saturated heterocycles. The number of ketones is 1. The van der Waals surface area contributed by atoms with Crippen LogP contribution in [0.2, 0.25) is 0 Å². The zero-order valence-corrected chi connectivity index (χ0v) is 15.1. The summed E-state index contributed by atoms with van der Waals surface area (Å²) in [7, 11) is 0. The van der Waals surface area contributed by atoms with Gasteiger partial charge in [-0.25, -0.2) is 9.97 Å². The summed E-state index contributed by atoms with van der Waals surface area (Å²) in [6.07, 6.45) is -2.08. The predicted molar refractivity (Wildman–Crippen MR) is 97.6 cm³/mol. The van der Waals surface area contributed by atoms with Gasteiger partial charge in [0.25, 0.3) is 0 Å². The van der Waals surface area contributed by atoms with E-state index in [9.17, 15) is 20.1 Å². The van der Waals surface area contributed by atoms with Gasteiger partial charge in [-0.1, -0.05) is 18.2 Å². The zero-order valence-electron chi connectivity index (χ0n) is 15.1. The first-order valence-electron chi connectivity index (χ1n) is 9.09. The van der Waals surface area contributed by atoms with Crippen molar-refractivity contribution in [1.82, 2.24) is 14.5 Å². The Kier molecular flexibility index (Phi) is 3.85. The molecule has 1 aliphatic carbocycles. The summed E-state index contributed by atoms with van der Waals surface area (Å²) in [5.74, 6) is 0.0837. The maximum atomic E-state index is 11.5. The van der Waals surface area contributed by atoms with Crippen molar-refractivity contribution in [3.63, 3.8) is 0 Å². The number of hydrogen-bond acceptors (Lipinski definition) is 7. The van der Waals surface area contributed by atoms with E-state index < -0.39 is 30.6 Å². The van der Waals surface area contributed by atoms with Crippen molar-refractivity contribution in [3.8, 4) is 0 Å². The highest BCUT2D eigenvalue weighted by molar-refractivity contribution is 6.06. The molecule has 5 atom stereocenters. The quantitative estimate of drug-likeness (QED) is 0.615. The summed E-state index contributed by atoms with van der Waals surface area (Å²) in [4.78, 5) is 19.9. The third-order valence-electron chi connectivity index (χ3n) is 5.69. The lowest BCUT2D eigenvalue weighted by molar-refractivity contribution is -0.0848. The topological polar surface area (TPSA) is 118 Å². The van der Waals surface area contributed by atoms with E-state index in [1.54, 1.807) is 29.0 Å². The zero-order chi connectivity index (χ0) is 19.6. The van der Waals surface area contributed by atoms with E-state index in [4.69, 9.17) is 4.74 Å². The molecule has 3 N–H and O–H groups in total. The second-order valence-electron chi connectivity index (χ2n) is 7.35. The van der Waals surface area contributed by atoms with Gasteiger partial charge in [-0.15, -0.1) is 0 Å². The molecular formula is C20H19N3O5. The Morgan fingerprint density at radius 3 is 2.79 bits per heavy atom. The summed E-state index contributed by atoms with van der Waals surface area (Å²) < 4.78 is 7.53. The standard InChI is InChI=1S/C20H19N3O5/c1-9-12-4-5-23(19(12)22-8-21-9)20-17(27)16(26)18(28-20)15(25)10-2-3-13-11(6-10)7-14(13)24/h2-6,8,15-18,20,25-27H,7H2,1H3/t15?,16-,17+,18+,20+/m0/s1. The molecule has 1 unspecified atom stereocenters. The maximum absolute atomic E-state index is 11.5. The van der Waals surface area contributed by atoms with Crippen LogP contribution in [0.25, 0.3) is 11.0 Å². The normalized spacial score (nSPS) is 27.6. The summed E-state index contributed by atoms with van der Waals surface area (Å²) in [5, 5.41) is 32.7. The van der Waals surface area contributed by atoms with Gasteiger partial charge in [0.15, 0.2) is 12.0 Å². The first kappa shape index (κ1) is 17.4. The fourth-order valence-electron chi connectivity index (χ4n) is 4.05. The van der Waals surface area contributed by atoms with Crippen LogP contribution in [0.4, 0.5) is 0 Å². The molecule has 0 saturated carbocycles. The van der Waals surface area contributed by atoms with Gasteiger partial charge in [-0.05, 0) is 24.1 Å². The van der Waals surface area contributed by atoms with E-state index in [0.717, 1.165) is 16.6 Å². The molecule has 3 heterocycles. The summed E-state index contributed by atoms with van der Waals surface area (Å²) in [6, 6.07) is 6.90. The average molecular weight is 381 g/mol. The number of nitrogens with zero attached hydrogens (tertiary/aromatic N) is 3. The lowest BCUT2D eigenvalue weighted by atomic mass is 9.84. The smallest absolute Gasteiger partial charge is 0.167 e. The Bertz CT molecular complexity index is 1090. The number of aliphatic hydroxyl groups is 3. The van der Waals surface area contributed by atoms with E-state index in [1.807, 2.05) is 13.0 Å². The van der Waals surface area contributed by atoms with Crippen LogP contribution in [-0.4, -0.2) is 53.9 Å². The van der Waals surface area contributed by atoms with Crippen LogP contribution in [0, 0.1) is 6.92 Å². The number of hydrogen-bond donors (Lipinski definition) is 3. The molecule has 2 aliphatic rings. The maximum Gasteiger partial charge on any atom is 0.167 e. The van der Waals surface area contributed by atoms with E-state index in [-0.39, 0.29) is 5.78 Å². The Morgan fingerprint density at radius 2 is 2.04 bits per heavy atom. The number of aliphatic hydroxyl groups excluding tert-OH is 3. The van der Waals surface area contributed by atoms with E-state index >= 15 is 0 Å². The molecule has 1 aliphatic heterocycles. The number of benzene rings is 1. The number of carbonyl (C=O) groups excluding carboxylic acids is 1. The molecule has 144 valence electrons. The van der Waals surface area contributed by atoms with Crippen LogP contribution >= 0.6 is 0 Å². The van der Waals surface area contributed by atoms with Crippen LogP contribution < -0.4 is 0 Å². The number of carbonyl (C=O) groups is 1. The molecule has 0 bridgehead atoms. The van der Waals surface area contributed by atoms with Crippen molar-refractivity contribution >= 4 is 16.8 Å². The highest BCUT2D eigenvalue weighted by Gasteiger charge is 2.47. The van der Waals surface area contributed by atoms with Crippen LogP contribution in [-0.2, 0) is 11.2 Å². The first-order valence-corrected chi connectivity index (χ1v) is 9.09. The highest BCUT2D eigenvalue weighted by atomic mass is 16.6. The van der Waals surface area contributed by atoms with Gasteiger partial charge in [-0.3, -0.25) is 4.79 Å². The van der Waals surface area contributed by atoms with Crippen molar-refractivity contribution in [2.75, 3.05) is 0 Å². The molecule has 28 heavy (non-hydrogen) atoms. The van der Waals surface area contributed by atoms with Gasteiger partial charge in [0.1, 0.15) is 36.4 Å². The number of rotatable bonds is 3. The van der Waals surface area contributed by atoms with E-state index in [0.29, 0.717) is 23.2 Å². The molecule has 2 aromatic heterocycles. The van der Waals surface area contributed by atoms with E-state index in [2.05, 4.69) is 9.97 Å². The second-order valence-corrected chi connectivity index (χ2v) is 7.35. The molecule has 8 heteroatoms. The summed E-state index contributed by atoms with van der Waals surface area (Å²) in [5.41, 5.74) is 3.45. The second kappa shape index (κ2) is 6.18. The monoisotopic (exact) mass is 381 g/mol. The Balaban J connectivity index is 1.45. The predicted octanol–water partition coefficient (Wildman–Crippen LogP) is 0.831. The Hall–Kier alpha value is -2.65. The van der Waals surface area contributed by atoms with Crippen LogP contribution in [0.1, 0.15) is 39.5 Å². The number of Topliss-reactive ketones (excluding diaryl/α,β-unsaturated/α-hetero) is 1. The molecule has 5 rings (SSSR count). The Morgan fingerprint density at radius 1 is 1.21 bits per heavy atom. The lowest BCUT2D eigenvalue weighted by Gasteiger charge is -2.24. The fraction of sp³-hybridized carbons (Fsp3) is 0.350. The summed E-state index contributed by atoms with van der Waals surface area (Å²) in [6.45, 7) is 1.86. The van der Waals surface area contributed by atoms with Gasteiger partial charge >= 0.3 is 0 Å². The third kappa shape index (κ3) is 2.43. The SMILES string of the molecule is Cc1ncnc2c1ccn2[C@@H]1O[C@H](C(O)c2ccc3c(c2)CC3=O)[C@@H](O)[C@H]1O. The van der Waals surface area contributed by atoms with Crippen molar-refractivity contribution in [3.05, 3.63) is 59.2 Å². The molecule has 1 aromatic carbocycles. The van der Waals surface area contributed by atoms with Crippen LogP contribution in [0.5, 0.6) is 0 Å². The van der Waals surface area contributed by atoms with Gasteiger partial charge in [0.05, 0.1) is 5.69 Å². The number of aryl methyl sites for hydroxylation is 1.